The Labute approximate surface area is 131 Å². The normalized spacial score (nSPS) is 21.0. The highest BCUT2D eigenvalue weighted by Gasteiger charge is 2.33. The first-order chi connectivity index (χ1) is 10.5. The summed E-state index contributed by atoms with van der Waals surface area (Å²) < 4.78 is 30.5. The Morgan fingerprint density at radius 1 is 0.909 bits per heavy atom. The van der Waals surface area contributed by atoms with Crippen LogP contribution in [0, 0.1) is 0 Å². The quantitative estimate of drug-likeness (QED) is 0.601. The highest BCUT2D eigenvalue weighted by Crippen LogP contribution is 2.10. The maximum atomic E-state index is 12.2. The van der Waals surface area contributed by atoms with Crippen molar-refractivity contribution >= 4 is 21.8 Å². The highest BCUT2D eigenvalue weighted by molar-refractivity contribution is 7.89. The van der Waals surface area contributed by atoms with Crippen LogP contribution in [-0.2, 0) is 24.3 Å². The molecule has 0 spiro atoms. The monoisotopic (exact) mass is 333 g/mol. The minimum Gasteiger partial charge on any atom is -0.378 e. The highest BCUT2D eigenvalue weighted by atomic mass is 32.2. The summed E-state index contributed by atoms with van der Waals surface area (Å²) in [5, 5.41) is 0. The van der Waals surface area contributed by atoms with E-state index in [0.29, 0.717) is 32.7 Å². The van der Waals surface area contributed by atoms with Crippen molar-refractivity contribution in [1.29, 1.82) is 0 Å². The number of nitrogens with zero attached hydrogens (tertiary/aromatic N) is 3. The number of rotatable bonds is 3. The standard InChI is InChI=1S/C13H23N3O5S/c1-2-11-22(19,20)16-5-3-14(4-6-16)12(17)13(18)15-7-9-21-10-8-15/h2-11H2,1H3. The second kappa shape index (κ2) is 7.38. The summed E-state index contributed by atoms with van der Waals surface area (Å²) in [4.78, 5) is 27.3. The number of hydrogen-bond acceptors (Lipinski definition) is 5. The molecule has 0 bridgehead atoms. The summed E-state index contributed by atoms with van der Waals surface area (Å²) in [5.41, 5.74) is 0. The summed E-state index contributed by atoms with van der Waals surface area (Å²) in [6.07, 6.45) is 0.566. The Kier molecular flexibility index (Phi) is 5.76. The number of carbonyl (C=O) groups is 2. The van der Waals surface area contributed by atoms with Crippen molar-refractivity contribution in [2.45, 2.75) is 13.3 Å². The van der Waals surface area contributed by atoms with Gasteiger partial charge in [-0.2, -0.15) is 4.31 Å². The number of ether oxygens (including phenoxy) is 1. The zero-order chi connectivity index (χ0) is 16.2. The Bertz CT molecular complexity index is 508. The van der Waals surface area contributed by atoms with Crippen molar-refractivity contribution in [3.8, 4) is 0 Å². The second-order valence-electron chi connectivity index (χ2n) is 5.41. The topological polar surface area (TPSA) is 87.2 Å². The van der Waals surface area contributed by atoms with Crippen LogP contribution in [-0.4, -0.2) is 92.6 Å². The number of hydrogen-bond donors (Lipinski definition) is 0. The largest absolute Gasteiger partial charge is 0.378 e. The van der Waals surface area contributed by atoms with Gasteiger partial charge in [0.2, 0.25) is 10.0 Å². The van der Waals surface area contributed by atoms with E-state index in [0.717, 1.165) is 0 Å². The third-order valence-corrected chi connectivity index (χ3v) is 5.94. The zero-order valence-electron chi connectivity index (χ0n) is 12.9. The predicted molar refractivity (Wildman–Crippen MR) is 79.6 cm³/mol. The van der Waals surface area contributed by atoms with Gasteiger partial charge >= 0.3 is 11.8 Å². The molecule has 2 rings (SSSR count). The molecule has 0 aliphatic carbocycles. The molecule has 2 aliphatic heterocycles. The van der Waals surface area contributed by atoms with Crippen molar-refractivity contribution in [1.82, 2.24) is 14.1 Å². The molecule has 2 fully saturated rings. The fraction of sp³-hybridized carbons (Fsp3) is 0.846. The molecular formula is C13H23N3O5S. The SMILES string of the molecule is CCCS(=O)(=O)N1CCN(C(=O)C(=O)N2CCOCC2)CC1. The smallest absolute Gasteiger partial charge is 0.312 e. The maximum Gasteiger partial charge on any atom is 0.312 e. The van der Waals surface area contributed by atoms with Crippen LogP contribution in [0.3, 0.4) is 0 Å². The van der Waals surface area contributed by atoms with Crippen LogP contribution < -0.4 is 0 Å². The molecule has 0 radical (unpaired) electrons. The van der Waals surface area contributed by atoms with Crippen LogP contribution in [0.2, 0.25) is 0 Å². The van der Waals surface area contributed by atoms with Crippen molar-refractivity contribution < 1.29 is 22.7 Å². The van der Waals surface area contributed by atoms with E-state index in [4.69, 9.17) is 4.74 Å². The molecule has 0 atom stereocenters. The van der Waals surface area contributed by atoms with Gasteiger partial charge in [0, 0.05) is 39.3 Å². The summed E-state index contributed by atoms with van der Waals surface area (Å²) in [5.74, 6) is -0.948. The number of carbonyl (C=O) groups excluding carboxylic acids is 2. The van der Waals surface area contributed by atoms with E-state index in [2.05, 4.69) is 0 Å². The van der Waals surface area contributed by atoms with Gasteiger partial charge in [0.15, 0.2) is 0 Å². The molecule has 2 aliphatic rings. The Hall–Kier alpha value is -1.19. The van der Waals surface area contributed by atoms with Crippen molar-refractivity contribution in [3.63, 3.8) is 0 Å². The van der Waals surface area contributed by atoms with Crippen LogP contribution in [0.4, 0.5) is 0 Å². The molecule has 2 saturated heterocycles. The van der Waals surface area contributed by atoms with Gasteiger partial charge in [0.25, 0.3) is 0 Å². The first kappa shape index (κ1) is 17.2. The number of amides is 2. The molecule has 0 saturated carbocycles. The van der Waals surface area contributed by atoms with Crippen LogP contribution >= 0.6 is 0 Å². The first-order valence-electron chi connectivity index (χ1n) is 7.59. The van der Waals surface area contributed by atoms with Gasteiger partial charge in [-0.25, -0.2) is 8.42 Å². The van der Waals surface area contributed by atoms with Gasteiger partial charge in [-0.15, -0.1) is 0 Å². The minimum atomic E-state index is -3.24. The lowest BCUT2D eigenvalue weighted by Gasteiger charge is -2.35. The Balaban J connectivity index is 1.88. The third kappa shape index (κ3) is 3.96. The molecule has 2 heterocycles. The fourth-order valence-corrected chi connectivity index (χ4v) is 4.09. The van der Waals surface area contributed by atoms with Crippen LogP contribution in [0.5, 0.6) is 0 Å². The van der Waals surface area contributed by atoms with Crippen molar-refractivity contribution in [3.05, 3.63) is 0 Å². The van der Waals surface area contributed by atoms with Gasteiger partial charge in [-0.05, 0) is 6.42 Å². The van der Waals surface area contributed by atoms with Crippen molar-refractivity contribution in [2.75, 3.05) is 58.2 Å². The van der Waals surface area contributed by atoms with Gasteiger partial charge < -0.3 is 14.5 Å². The zero-order valence-corrected chi connectivity index (χ0v) is 13.7. The van der Waals surface area contributed by atoms with E-state index in [-0.39, 0.29) is 31.9 Å². The Morgan fingerprint density at radius 2 is 1.41 bits per heavy atom. The Morgan fingerprint density at radius 3 is 1.91 bits per heavy atom. The van der Waals surface area contributed by atoms with Crippen LogP contribution in [0.15, 0.2) is 0 Å². The minimum absolute atomic E-state index is 0.119. The molecule has 0 unspecified atom stereocenters. The van der Waals surface area contributed by atoms with Crippen LogP contribution in [0.25, 0.3) is 0 Å². The van der Waals surface area contributed by atoms with Gasteiger partial charge in [0.1, 0.15) is 0 Å². The lowest BCUT2D eigenvalue weighted by Crippen LogP contribution is -2.55. The van der Waals surface area contributed by atoms with E-state index >= 15 is 0 Å². The number of piperazine rings is 1. The van der Waals surface area contributed by atoms with E-state index in [1.54, 1.807) is 0 Å². The molecule has 8 nitrogen and oxygen atoms in total. The van der Waals surface area contributed by atoms with E-state index in [1.807, 2.05) is 6.92 Å². The molecule has 0 aromatic heterocycles. The van der Waals surface area contributed by atoms with Gasteiger partial charge in [0.05, 0.1) is 19.0 Å². The molecule has 22 heavy (non-hydrogen) atoms. The third-order valence-electron chi connectivity index (χ3n) is 3.86. The van der Waals surface area contributed by atoms with Crippen LogP contribution in [0.1, 0.15) is 13.3 Å². The molecule has 9 heteroatoms. The molecular weight excluding hydrogens is 310 g/mol. The average molecular weight is 333 g/mol. The molecule has 126 valence electrons. The van der Waals surface area contributed by atoms with E-state index in [1.165, 1.54) is 14.1 Å². The van der Waals surface area contributed by atoms with Gasteiger partial charge in [-0.3, -0.25) is 9.59 Å². The molecule has 0 aromatic rings. The number of morpholine rings is 1. The second-order valence-corrected chi connectivity index (χ2v) is 7.50. The predicted octanol–water partition coefficient (Wildman–Crippen LogP) is -1.27. The van der Waals surface area contributed by atoms with E-state index in [9.17, 15) is 18.0 Å². The summed E-state index contributed by atoms with van der Waals surface area (Å²) in [6, 6.07) is 0. The summed E-state index contributed by atoms with van der Waals surface area (Å²) in [6.45, 7) is 4.60. The molecule has 2 amide bonds. The first-order valence-corrected chi connectivity index (χ1v) is 9.20. The molecule has 0 N–H and O–H groups in total. The summed E-state index contributed by atoms with van der Waals surface area (Å²) in [7, 11) is -3.24. The fourth-order valence-electron chi connectivity index (χ4n) is 2.59. The van der Waals surface area contributed by atoms with E-state index < -0.39 is 21.8 Å². The lowest BCUT2D eigenvalue weighted by atomic mass is 10.3. The summed E-state index contributed by atoms with van der Waals surface area (Å²) >= 11 is 0. The molecule has 0 aromatic carbocycles. The van der Waals surface area contributed by atoms with Gasteiger partial charge in [-0.1, -0.05) is 6.92 Å². The number of sulfonamides is 1. The maximum absolute atomic E-state index is 12.2. The lowest BCUT2D eigenvalue weighted by molar-refractivity contribution is -0.154. The average Bonchev–Trinajstić information content (AvgIpc) is 2.54. The van der Waals surface area contributed by atoms with Crippen molar-refractivity contribution in [2.24, 2.45) is 0 Å².